The van der Waals surface area contributed by atoms with E-state index in [0.29, 0.717) is 30.9 Å². The van der Waals surface area contributed by atoms with E-state index >= 15 is 0 Å². The van der Waals surface area contributed by atoms with Crippen molar-refractivity contribution in [3.05, 3.63) is 29.8 Å². The number of hydrogen-bond donors (Lipinski definition) is 2. The van der Waals surface area contributed by atoms with Crippen LogP contribution < -0.4 is 9.44 Å². The molecule has 8 heteroatoms. The number of carbonyl (C=O) groups is 1. The van der Waals surface area contributed by atoms with E-state index < -0.39 is 10.2 Å². The maximum atomic E-state index is 12.4. The topological polar surface area (TPSA) is 87.7 Å². The number of nitrogens with one attached hydrogen (secondary N) is 2. The van der Waals surface area contributed by atoms with Crippen molar-refractivity contribution in [2.24, 2.45) is 0 Å². The van der Waals surface area contributed by atoms with Gasteiger partial charge in [-0.1, -0.05) is 6.07 Å². The molecule has 2 rings (SSSR count). The van der Waals surface area contributed by atoms with E-state index in [2.05, 4.69) is 9.44 Å². The van der Waals surface area contributed by atoms with Gasteiger partial charge in [0.25, 0.3) is 16.1 Å². The summed E-state index contributed by atoms with van der Waals surface area (Å²) in [7, 11) is -2.28. The van der Waals surface area contributed by atoms with Crippen molar-refractivity contribution < 1.29 is 17.9 Å². The van der Waals surface area contributed by atoms with Crippen molar-refractivity contribution in [2.75, 3.05) is 31.5 Å². The summed E-state index contributed by atoms with van der Waals surface area (Å²) in [6.07, 6.45) is 0.00803. The minimum atomic E-state index is -3.59. The van der Waals surface area contributed by atoms with Crippen molar-refractivity contribution in [3.8, 4) is 0 Å². The van der Waals surface area contributed by atoms with Crippen LogP contribution in [0.3, 0.4) is 0 Å². The molecule has 0 aromatic heterocycles. The Labute approximate surface area is 124 Å². The van der Waals surface area contributed by atoms with Crippen LogP contribution in [0, 0.1) is 0 Å². The molecule has 21 heavy (non-hydrogen) atoms. The molecule has 0 radical (unpaired) electrons. The fourth-order valence-corrected chi connectivity index (χ4v) is 2.65. The molecule has 1 amide bonds. The molecule has 0 saturated carbocycles. The quantitative estimate of drug-likeness (QED) is 0.843. The lowest BCUT2D eigenvalue weighted by Gasteiger charge is -2.31. The second kappa shape index (κ2) is 6.42. The van der Waals surface area contributed by atoms with Gasteiger partial charge in [0, 0.05) is 25.7 Å². The van der Waals surface area contributed by atoms with Crippen LogP contribution >= 0.6 is 0 Å². The van der Waals surface area contributed by atoms with Crippen LogP contribution in [0.5, 0.6) is 0 Å². The third-order valence-electron chi connectivity index (χ3n) is 3.16. The summed E-state index contributed by atoms with van der Waals surface area (Å²) in [5.41, 5.74) is 0.789. The molecule has 0 aliphatic carbocycles. The third kappa shape index (κ3) is 4.16. The number of anilines is 1. The van der Waals surface area contributed by atoms with Gasteiger partial charge in [0.1, 0.15) is 0 Å². The number of benzene rings is 1. The Morgan fingerprint density at radius 3 is 2.86 bits per heavy atom. The van der Waals surface area contributed by atoms with Gasteiger partial charge in [-0.2, -0.15) is 8.42 Å². The Bertz CT molecular complexity index is 618. The van der Waals surface area contributed by atoms with Crippen LogP contribution in [0.25, 0.3) is 0 Å². The van der Waals surface area contributed by atoms with E-state index in [0.717, 1.165) is 0 Å². The molecule has 0 spiro atoms. The Kier molecular flexibility index (Phi) is 4.81. The number of hydrogen-bond acceptors (Lipinski definition) is 4. The van der Waals surface area contributed by atoms with Crippen LogP contribution in [-0.2, 0) is 14.9 Å². The van der Waals surface area contributed by atoms with E-state index in [1.54, 1.807) is 23.1 Å². The number of morpholine rings is 1. The molecule has 7 nitrogen and oxygen atoms in total. The first kappa shape index (κ1) is 15.7. The second-order valence-corrected chi connectivity index (χ2v) is 6.44. The molecule has 1 fully saturated rings. The smallest absolute Gasteiger partial charge is 0.298 e. The highest BCUT2D eigenvalue weighted by molar-refractivity contribution is 7.90. The number of nitrogens with zero attached hydrogens (tertiary/aromatic N) is 1. The first-order chi connectivity index (χ1) is 9.91. The van der Waals surface area contributed by atoms with Crippen molar-refractivity contribution in [1.82, 2.24) is 9.62 Å². The van der Waals surface area contributed by atoms with Gasteiger partial charge >= 0.3 is 0 Å². The number of ether oxygens (including phenoxy) is 1. The van der Waals surface area contributed by atoms with Crippen molar-refractivity contribution >= 4 is 21.8 Å². The van der Waals surface area contributed by atoms with Gasteiger partial charge in [0.2, 0.25) is 0 Å². The van der Waals surface area contributed by atoms with Gasteiger partial charge in [-0.15, -0.1) is 0 Å². The summed E-state index contributed by atoms with van der Waals surface area (Å²) in [5.74, 6) is -0.129. The number of carbonyl (C=O) groups excluding carboxylic acids is 1. The molecule has 1 aromatic rings. The first-order valence-corrected chi connectivity index (χ1v) is 8.12. The Morgan fingerprint density at radius 1 is 1.43 bits per heavy atom. The number of amides is 1. The standard InChI is InChI=1S/C13H19N3O4S/c1-10-9-16(6-7-20-10)13(17)11-4-3-5-12(8-11)15-21(18,19)14-2/h3-5,8,10,14-15H,6-7,9H2,1-2H3. The van der Waals surface area contributed by atoms with Gasteiger partial charge in [0.15, 0.2) is 0 Å². The van der Waals surface area contributed by atoms with Crippen LogP contribution in [-0.4, -0.2) is 52.1 Å². The average molecular weight is 313 g/mol. The van der Waals surface area contributed by atoms with E-state index in [9.17, 15) is 13.2 Å². The van der Waals surface area contributed by atoms with Crippen molar-refractivity contribution in [3.63, 3.8) is 0 Å². The van der Waals surface area contributed by atoms with E-state index in [1.807, 2.05) is 6.92 Å². The summed E-state index contributed by atoms with van der Waals surface area (Å²) in [4.78, 5) is 14.1. The van der Waals surface area contributed by atoms with Crippen LogP contribution in [0.2, 0.25) is 0 Å². The zero-order valence-corrected chi connectivity index (χ0v) is 12.8. The largest absolute Gasteiger partial charge is 0.375 e. The molecule has 116 valence electrons. The molecule has 1 aliphatic rings. The van der Waals surface area contributed by atoms with Gasteiger partial charge in [-0.25, -0.2) is 4.72 Å². The monoisotopic (exact) mass is 313 g/mol. The molecule has 1 saturated heterocycles. The highest BCUT2D eigenvalue weighted by Crippen LogP contribution is 2.15. The minimum Gasteiger partial charge on any atom is -0.375 e. The lowest BCUT2D eigenvalue weighted by atomic mass is 10.1. The Hall–Kier alpha value is -1.64. The highest BCUT2D eigenvalue weighted by atomic mass is 32.2. The zero-order valence-electron chi connectivity index (χ0n) is 12.0. The van der Waals surface area contributed by atoms with Crippen molar-refractivity contribution in [2.45, 2.75) is 13.0 Å². The minimum absolute atomic E-state index is 0.00803. The summed E-state index contributed by atoms with van der Waals surface area (Å²) >= 11 is 0. The Balaban J connectivity index is 2.15. The maximum absolute atomic E-state index is 12.4. The summed E-state index contributed by atoms with van der Waals surface area (Å²) in [6, 6.07) is 6.43. The van der Waals surface area contributed by atoms with Crippen LogP contribution in [0.1, 0.15) is 17.3 Å². The molecule has 1 unspecified atom stereocenters. The fourth-order valence-electron chi connectivity index (χ4n) is 2.11. The molecule has 1 atom stereocenters. The second-order valence-electron chi connectivity index (χ2n) is 4.82. The lowest BCUT2D eigenvalue weighted by molar-refractivity contribution is -0.0124. The van der Waals surface area contributed by atoms with Gasteiger partial charge < -0.3 is 9.64 Å². The summed E-state index contributed by atoms with van der Waals surface area (Å²) in [5, 5.41) is 0. The first-order valence-electron chi connectivity index (χ1n) is 6.63. The van der Waals surface area contributed by atoms with E-state index in [1.165, 1.54) is 13.1 Å². The van der Waals surface area contributed by atoms with Crippen LogP contribution in [0.15, 0.2) is 24.3 Å². The maximum Gasteiger partial charge on any atom is 0.298 e. The van der Waals surface area contributed by atoms with Gasteiger partial charge in [-0.3, -0.25) is 9.52 Å². The van der Waals surface area contributed by atoms with Gasteiger partial charge in [-0.05, 0) is 25.1 Å². The van der Waals surface area contributed by atoms with Crippen molar-refractivity contribution in [1.29, 1.82) is 0 Å². The fraction of sp³-hybridized carbons (Fsp3) is 0.462. The molecule has 2 N–H and O–H groups in total. The lowest BCUT2D eigenvalue weighted by Crippen LogP contribution is -2.44. The van der Waals surface area contributed by atoms with Crippen LogP contribution in [0.4, 0.5) is 5.69 Å². The molecule has 1 aliphatic heterocycles. The molecule has 0 bridgehead atoms. The highest BCUT2D eigenvalue weighted by Gasteiger charge is 2.22. The molecular weight excluding hydrogens is 294 g/mol. The van der Waals surface area contributed by atoms with E-state index in [-0.39, 0.29) is 12.0 Å². The number of rotatable bonds is 4. The molecule has 1 heterocycles. The molecular formula is C13H19N3O4S. The normalized spacial score (nSPS) is 19.3. The summed E-state index contributed by atoms with van der Waals surface area (Å²) in [6.45, 7) is 3.50. The predicted octanol–water partition coefficient (Wildman–Crippen LogP) is 0.424. The Morgan fingerprint density at radius 2 is 2.19 bits per heavy atom. The van der Waals surface area contributed by atoms with Gasteiger partial charge in [0.05, 0.1) is 18.4 Å². The summed E-state index contributed by atoms with van der Waals surface area (Å²) < 4.78 is 32.8. The molecule has 1 aromatic carbocycles. The predicted molar refractivity (Wildman–Crippen MR) is 79.4 cm³/mol. The zero-order chi connectivity index (χ0) is 15.5. The average Bonchev–Trinajstić information content (AvgIpc) is 2.46. The van der Waals surface area contributed by atoms with E-state index in [4.69, 9.17) is 4.74 Å². The SMILES string of the molecule is CNS(=O)(=O)Nc1cccc(C(=O)N2CCOC(C)C2)c1. The third-order valence-corrected chi connectivity index (χ3v) is 4.20.